The van der Waals surface area contributed by atoms with Crippen LogP contribution in [0.2, 0.25) is 0 Å². The first-order valence-corrected chi connectivity index (χ1v) is 7.07. The lowest BCUT2D eigenvalue weighted by atomic mass is 9.92. The lowest BCUT2D eigenvalue weighted by Gasteiger charge is -2.37. The predicted octanol–water partition coefficient (Wildman–Crippen LogP) is 2.57. The van der Waals surface area contributed by atoms with Crippen LogP contribution in [0.3, 0.4) is 0 Å². The minimum Gasteiger partial charge on any atom is -0.306 e. The van der Waals surface area contributed by atoms with Crippen LogP contribution in [0, 0.1) is 17.2 Å². The number of nitriles is 1. The molecule has 0 amide bonds. The van der Waals surface area contributed by atoms with Crippen molar-refractivity contribution in [1.29, 1.82) is 5.26 Å². The average molecular weight is 257 g/mol. The smallest absolute Gasteiger partial charge is 0.0641 e. The summed E-state index contributed by atoms with van der Waals surface area (Å²) < 4.78 is 0. The Balaban J connectivity index is 2.03. The second kappa shape index (κ2) is 6.70. The molecule has 2 rings (SSSR count). The van der Waals surface area contributed by atoms with Crippen molar-refractivity contribution in [1.82, 2.24) is 10.2 Å². The first-order valence-electron chi connectivity index (χ1n) is 7.07. The van der Waals surface area contributed by atoms with Gasteiger partial charge in [-0.1, -0.05) is 37.3 Å². The van der Waals surface area contributed by atoms with Crippen molar-refractivity contribution >= 4 is 0 Å². The molecule has 3 unspecified atom stereocenters. The van der Waals surface area contributed by atoms with E-state index in [1.54, 1.807) is 0 Å². The summed E-state index contributed by atoms with van der Waals surface area (Å²) in [4.78, 5) is 2.38. The third-order valence-corrected chi connectivity index (χ3v) is 4.02. The van der Waals surface area contributed by atoms with Gasteiger partial charge in [-0.25, -0.2) is 0 Å². The Bertz CT molecular complexity index is 423. The maximum Gasteiger partial charge on any atom is 0.0641 e. The van der Waals surface area contributed by atoms with E-state index >= 15 is 0 Å². The Kier molecular flexibility index (Phi) is 4.95. The zero-order valence-electron chi connectivity index (χ0n) is 11.8. The van der Waals surface area contributed by atoms with Crippen molar-refractivity contribution in [2.45, 2.75) is 31.8 Å². The van der Waals surface area contributed by atoms with E-state index in [0.29, 0.717) is 18.4 Å². The molecule has 102 valence electrons. The average Bonchev–Trinajstić information content (AvgIpc) is 2.42. The molecule has 1 aromatic rings. The number of piperidine rings is 1. The van der Waals surface area contributed by atoms with Crippen LogP contribution in [0.1, 0.15) is 31.4 Å². The molecule has 19 heavy (non-hydrogen) atoms. The van der Waals surface area contributed by atoms with Crippen molar-refractivity contribution in [2.75, 3.05) is 20.1 Å². The quantitative estimate of drug-likeness (QED) is 0.901. The van der Waals surface area contributed by atoms with Crippen molar-refractivity contribution < 1.29 is 0 Å². The maximum absolute atomic E-state index is 9.04. The molecule has 1 fully saturated rings. The summed E-state index contributed by atoms with van der Waals surface area (Å²) in [6.45, 7) is 4.56. The van der Waals surface area contributed by atoms with Crippen LogP contribution in [0.15, 0.2) is 30.3 Å². The van der Waals surface area contributed by atoms with E-state index in [1.807, 2.05) is 18.2 Å². The fourth-order valence-electron chi connectivity index (χ4n) is 2.91. The predicted molar refractivity (Wildman–Crippen MR) is 77.6 cm³/mol. The van der Waals surface area contributed by atoms with E-state index in [9.17, 15) is 0 Å². The van der Waals surface area contributed by atoms with Crippen LogP contribution in [-0.2, 0) is 0 Å². The molecule has 1 aromatic carbocycles. The van der Waals surface area contributed by atoms with Crippen molar-refractivity contribution in [2.24, 2.45) is 5.92 Å². The third-order valence-electron chi connectivity index (χ3n) is 4.02. The van der Waals surface area contributed by atoms with Gasteiger partial charge >= 0.3 is 0 Å². The highest BCUT2D eigenvalue weighted by Crippen LogP contribution is 2.22. The Morgan fingerprint density at radius 1 is 1.42 bits per heavy atom. The molecule has 0 radical (unpaired) electrons. The lowest BCUT2D eigenvalue weighted by Crippen LogP contribution is -2.47. The second-order valence-corrected chi connectivity index (χ2v) is 5.63. The fraction of sp³-hybridized carbons (Fsp3) is 0.562. The summed E-state index contributed by atoms with van der Waals surface area (Å²) in [6, 6.07) is 13.3. The Labute approximate surface area is 116 Å². The number of nitrogens with zero attached hydrogens (tertiary/aromatic N) is 2. The van der Waals surface area contributed by atoms with Gasteiger partial charge in [0.1, 0.15) is 0 Å². The molecule has 1 aliphatic rings. The number of hydrogen-bond donors (Lipinski definition) is 1. The van der Waals surface area contributed by atoms with Gasteiger partial charge in [-0.2, -0.15) is 5.26 Å². The highest BCUT2D eigenvalue weighted by molar-refractivity contribution is 5.20. The van der Waals surface area contributed by atoms with Gasteiger partial charge < -0.3 is 10.2 Å². The topological polar surface area (TPSA) is 39.1 Å². The number of rotatable bonds is 4. The van der Waals surface area contributed by atoms with Gasteiger partial charge in [-0.3, -0.25) is 0 Å². The highest BCUT2D eigenvalue weighted by atomic mass is 15.1. The lowest BCUT2D eigenvalue weighted by molar-refractivity contribution is 0.166. The molecule has 0 aliphatic carbocycles. The van der Waals surface area contributed by atoms with Crippen LogP contribution in [0.25, 0.3) is 0 Å². The Hall–Kier alpha value is -1.37. The zero-order valence-corrected chi connectivity index (χ0v) is 11.8. The van der Waals surface area contributed by atoms with E-state index < -0.39 is 0 Å². The molecule has 0 aromatic heterocycles. The van der Waals surface area contributed by atoms with Gasteiger partial charge in [0.05, 0.1) is 12.5 Å². The molecule has 1 N–H and O–H groups in total. The number of hydrogen-bond acceptors (Lipinski definition) is 3. The normalized spacial score (nSPS) is 25.7. The van der Waals surface area contributed by atoms with Crippen molar-refractivity contribution in [3.63, 3.8) is 0 Å². The molecule has 3 heteroatoms. The highest BCUT2D eigenvalue weighted by Gasteiger charge is 2.26. The van der Waals surface area contributed by atoms with E-state index in [1.165, 1.54) is 5.56 Å². The molecule has 3 atom stereocenters. The standard InChI is InChI=1S/C16H23N3/c1-13-12-19(2)11-9-15(13)18-16(8-10-17)14-6-4-3-5-7-14/h3-7,13,15-16,18H,8-9,11-12H2,1-2H3. The first-order chi connectivity index (χ1) is 9.20. The Morgan fingerprint density at radius 3 is 2.79 bits per heavy atom. The number of benzene rings is 1. The summed E-state index contributed by atoms with van der Waals surface area (Å²) >= 11 is 0. The summed E-state index contributed by atoms with van der Waals surface area (Å²) in [7, 11) is 2.18. The molecule has 3 nitrogen and oxygen atoms in total. The molecular formula is C16H23N3. The number of nitrogens with one attached hydrogen (secondary N) is 1. The molecule has 0 bridgehead atoms. The van der Waals surface area contributed by atoms with Crippen LogP contribution >= 0.6 is 0 Å². The monoisotopic (exact) mass is 257 g/mol. The molecule has 1 aliphatic heterocycles. The molecule has 1 heterocycles. The zero-order chi connectivity index (χ0) is 13.7. The molecule has 0 spiro atoms. The van der Waals surface area contributed by atoms with E-state index in [-0.39, 0.29) is 6.04 Å². The summed E-state index contributed by atoms with van der Waals surface area (Å²) in [5, 5.41) is 12.7. The maximum atomic E-state index is 9.04. The SMILES string of the molecule is CC1CN(C)CCC1NC(CC#N)c1ccccc1. The number of likely N-dealkylation sites (tertiary alicyclic amines) is 1. The van der Waals surface area contributed by atoms with Gasteiger partial charge in [0.25, 0.3) is 0 Å². The van der Waals surface area contributed by atoms with Crippen LogP contribution in [0.4, 0.5) is 0 Å². The van der Waals surface area contributed by atoms with E-state index in [0.717, 1.165) is 19.5 Å². The van der Waals surface area contributed by atoms with Gasteiger partial charge in [-0.15, -0.1) is 0 Å². The van der Waals surface area contributed by atoms with Gasteiger partial charge in [0.2, 0.25) is 0 Å². The minimum absolute atomic E-state index is 0.155. The molecule has 0 saturated carbocycles. The molecular weight excluding hydrogens is 234 g/mol. The van der Waals surface area contributed by atoms with Crippen LogP contribution < -0.4 is 5.32 Å². The van der Waals surface area contributed by atoms with E-state index in [2.05, 4.69) is 42.4 Å². The molecule has 1 saturated heterocycles. The van der Waals surface area contributed by atoms with Gasteiger partial charge in [0.15, 0.2) is 0 Å². The fourth-order valence-corrected chi connectivity index (χ4v) is 2.91. The van der Waals surface area contributed by atoms with Gasteiger partial charge in [0, 0.05) is 18.6 Å². The summed E-state index contributed by atoms with van der Waals surface area (Å²) in [5.41, 5.74) is 1.22. The second-order valence-electron chi connectivity index (χ2n) is 5.63. The van der Waals surface area contributed by atoms with Gasteiger partial charge in [-0.05, 0) is 31.5 Å². The van der Waals surface area contributed by atoms with Crippen molar-refractivity contribution in [3.8, 4) is 6.07 Å². The Morgan fingerprint density at radius 2 is 2.16 bits per heavy atom. The minimum atomic E-state index is 0.155. The van der Waals surface area contributed by atoms with Crippen LogP contribution in [0.5, 0.6) is 0 Å². The first kappa shape index (κ1) is 14.0. The summed E-state index contributed by atoms with van der Waals surface area (Å²) in [5.74, 6) is 0.628. The largest absolute Gasteiger partial charge is 0.306 e. The van der Waals surface area contributed by atoms with Crippen molar-refractivity contribution in [3.05, 3.63) is 35.9 Å². The summed E-state index contributed by atoms with van der Waals surface area (Å²) in [6.07, 6.45) is 1.69. The van der Waals surface area contributed by atoms with E-state index in [4.69, 9.17) is 5.26 Å². The van der Waals surface area contributed by atoms with Crippen LogP contribution in [-0.4, -0.2) is 31.1 Å². The third kappa shape index (κ3) is 3.79.